The van der Waals surface area contributed by atoms with Crippen molar-refractivity contribution in [2.24, 2.45) is 5.73 Å². The van der Waals surface area contributed by atoms with Crippen LogP contribution in [0.1, 0.15) is 380 Å². The van der Waals surface area contributed by atoms with Crippen LogP contribution in [-0.4, -0.2) is 49.3 Å². The number of phosphoric ester groups is 1. The summed E-state index contributed by atoms with van der Waals surface area (Å²) in [6, 6.07) is 0. The third-order valence-electron chi connectivity index (χ3n) is 17.2. The Labute approximate surface area is 569 Å². The Hall–Kier alpha value is -3.07. The fourth-order valence-corrected chi connectivity index (χ4v) is 12.2. The molecule has 0 saturated carbocycles. The van der Waals surface area contributed by atoms with Gasteiger partial charge in [-0.3, -0.25) is 18.6 Å². The van der Waals surface area contributed by atoms with E-state index in [1.54, 1.807) is 0 Å². The highest BCUT2D eigenvalue weighted by atomic mass is 31.2. The molecular weight excluding hydrogens is 1160 g/mol. The van der Waals surface area contributed by atoms with Gasteiger partial charge in [0.25, 0.3) is 0 Å². The molecule has 0 aliphatic heterocycles. The van der Waals surface area contributed by atoms with Gasteiger partial charge in [-0.25, -0.2) is 4.57 Å². The van der Waals surface area contributed by atoms with Crippen molar-refractivity contribution in [1.82, 2.24) is 0 Å². The Morgan fingerprint density at radius 1 is 0.337 bits per heavy atom. The number of hydrogen-bond acceptors (Lipinski definition) is 8. The molecule has 0 radical (unpaired) electrons. The summed E-state index contributed by atoms with van der Waals surface area (Å²) in [6.45, 7) is 3.69. The Balaban J connectivity index is 3.82. The molecule has 0 aromatic rings. The van der Waals surface area contributed by atoms with Crippen molar-refractivity contribution in [3.05, 3.63) is 97.2 Å². The third-order valence-corrected chi connectivity index (χ3v) is 18.2. The van der Waals surface area contributed by atoms with Crippen LogP contribution in [0, 0.1) is 0 Å². The van der Waals surface area contributed by atoms with E-state index < -0.39 is 26.5 Å². The first-order chi connectivity index (χ1) is 45.3. The second-order valence-corrected chi connectivity index (χ2v) is 27.7. The molecule has 0 amide bonds. The number of rotatable bonds is 74. The normalized spacial score (nSPS) is 13.4. The highest BCUT2D eigenvalue weighted by Gasteiger charge is 2.26. The zero-order chi connectivity index (χ0) is 66.5. The van der Waals surface area contributed by atoms with Gasteiger partial charge in [0.1, 0.15) is 6.61 Å². The maximum Gasteiger partial charge on any atom is 0.472 e. The van der Waals surface area contributed by atoms with Crippen LogP contribution in [0.2, 0.25) is 0 Å². The molecule has 92 heavy (non-hydrogen) atoms. The van der Waals surface area contributed by atoms with Crippen molar-refractivity contribution in [3.63, 3.8) is 0 Å². The summed E-state index contributed by atoms with van der Waals surface area (Å²) < 4.78 is 33.3. The average molecular weight is 1310 g/mol. The SMILES string of the molecule is CC/C=C\C/C=C\C/C=C\C/C=C\C/C=C\C/C=C\C/C=C\C/C=C\CCCCCCCCCCCCCCCCC(=O)OC(COC(=O)CCCCCCCCCCCCCCCCCCCCCCCCCCCCCCCCCC)COP(=O)(O)OCCN. The standard InChI is InChI=1S/C82H148NO8P/c1-3-5-7-9-11-13-15-17-19-21-23-25-27-29-31-33-35-37-38-39-40-41-42-43-45-47-49-51-53-55-57-59-61-63-65-67-69-71-73-75-82(85)91-80(79-90-92(86,87)89-77-76-83)78-88-81(84)74-72-70-68-66-64-62-60-58-56-54-52-50-48-46-44-36-34-32-30-28-26-24-22-20-18-16-14-12-10-8-6-4-2/h5,7,11,13,17,19,23,25,29,31,35,37,39-40,42-43,80H,3-4,6,8-10,12,14-16,18,20-22,24,26-28,30,32-34,36,38,41,44-79,83H2,1-2H3,(H,86,87)/b7-5-,13-11-,19-17-,25-23-,31-29-,37-35-,40-39-,43-42-. The molecule has 0 heterocycles. The van der Waals surface area contributed by atoms with Crippen LogP contribution in [0.15, 0.2) is 97.2 Å². The lowest BCUT2D eigenvalue weighted by Crippen LogP contribution is -2.29. The van der Waals surface area contributed by atoms with Crippen LogP contribution in [0.3, 0.4) is 0 Å². The summed E-state index contributed by atoms with van der Waals surface area (Å²) in [5, 5.41) is 0. The van der Waals surface area contributed by atoms with Gasteiger partial charge in [0.05, 0.1) is 13.2 Å². The van der Waals surface area contributed by atoms with E-state index in [9.17, 15) is 19.0 Å². The van der Waals surface area contributed by atoms with E-state index in [1.165, 1.54) is 257 Å². The monoisotopic (exact) mass is 1310 g/mol. The molecule has 0 rings (SSSR count). The maximum absolute atomic E-state index is 12.8. The molecular formula is C82H148NO8P. The van der Waals surface area contributed by atoms with Crippen LogP contribution in [-0.2, 0) is 32.7 Å². The van der Waals surface area contributed by atoms with E-state index in [0.29, 0.717) is 6.42 Å². The highest BCUT2D eigenvalue weighted by Crippen LogP contribution is 2.43. The molecule has 9 nitrogen and oxygen atoms in total. The van der Waals surface area contributed by atoms with Gasteiger partial charge in [0.2, 0.25) is 0 Å². The van der Waals surface area contributed by atoms with E-state index in [-0.39, 0.29) is 38.6 Å². The third kappa shape index (κ3) is 76.0. The van der Waals surface area contributed by atoms with Crippen LogP contribution >= 0.6 is 7.82 Å². The van der Waals surface area contributed by atoms with Crippen molar-refractivity contribution in [3.8, 4) is 0 Å². The zero-order valence-electron chi connectivity index (χ0n) is 60.3. The van der Waals surface area contributed by atoms with E-state index in [4.69, 9.17) is 24.3 Å². The predicted octanol–water partition coefficient (Wildman–Crippen LogP) is 26.3. The summed E-state index contributed by atoms with van der Waals surface area (Å²) in [5.74, 6) is -0.812. The van der Waals surface area contributed by atoms with E-state index in [2.05, 4.69) is 111 Å². The molecule has 2 unspecified atom stereocenters. The van der Waals surface area contributed by atoms with Gasteiger partial charge in [-0.05, 0) is 77.0 Å². The second-order valence-electron chi connectivity index (χ2n) is 26.2. The lowest BCUT2D eigenvalue weighted by atomic mass is 10.0. The number of ether oxygens (including phenoxy) is 2. The molecule has 0 aliphatic carbocycles. The Bertz CT molecular complexity index is 1830. The van der Waals surface area contributed by atoms with Crippen molar-refractivity contribution in [1.29, 1.82) is 0 Å². The number of phosphoric acid groups is 1. The molecule has 0 fully saturated rings. The smallest absolute Gasteiger partial charge is 0.462 e. The van der Waals surface area contributed by atoms with Crippen molar-refractivity contribution in [2.45, 2.75) is 386 Å². The summed E-state index contributed by atoms with van der Waals surface area (Å²) in [5.41, 5.74) is 5.41. The Morgan fingerprint density at radius 2 is 0.598 bits per heavy atom. The molecule has 0 spiro atoms. The Kier molecular flexibility index (Phi) is 74.4. The van der Waals surface area contributed by atoms with Gasteiger partial charge in [0, 0.05) is 19.4 Å². The summed E-state index contributed by atoms with van der Waals surface area (Å²) in [6.07, 6.45) is 105. The molecule has 10 heteroatoms. The summed E-state index contributed by atoms with van der Waals surface area (Å²) in [7, 11) is -4.40. The average Bonchev–Trinajstić information content (AvgIpc) is 3.08. The van der Waals surface area contributed by atoms with Crippen LogP contribution in [0.4, 0.5) is 0 Å². The Morgan fingerprint density at radius 3 is 0.891 bits per heavy atom. The lowest BCUT2D eigenvalue weighted by molar-refractivity contribution is -0.161. The zero-order valence-corrected chi connectivity index (χ0v) is 61.2. The largest absolute Gasteiger partial charge is 0.472 e. The van der Waals surface area contributed by atoms with Gasteiger partial charge < -0.3 is 20.1 Å². The fourth-order valence-electron chi connectivity index (χ4n) is 11.5. The maximum atomic E-state index is 12.8. The number of carbonyl (C=O) groups excluding carboxylic acids is 2. The topological polar surface area (TPSA) is 134 Å². The van der Waals surface area contributed by atoms with Crippen LogP contribution in [0.5, 0.6) is 0 Å². The number of esters is 2. The minimum Gasteiger partial charge on any atom is -0.462 e. The van der Waals surface area contributed by atoms with Gasteiger partial charge in [-0.2, -0.15) is 0 Å². The number of unbranched alkanes of at least 4 members (excludes halogenated alkanes) is 45. The molecule has 534 valence electrons. The van der Waals surface area contributed by atoms with Crippen molar-refractivity contribution >= 4 is 19.8 Å². The van der Waals surface area contributed by atoms with Gasteiger partial charge in [-0.1, -0.05) is 387 Å². The molecule has 0 aromatic carbocycles. The number of carbonyl (C=O) groups is 2. The molecule has 0 bridgehead atoms. The van der Waals surface area contributed by atoms with Crippen molar-refractivity contribution in [2.75, 3.05) is 26.4 Å². The summed E-state index contributed by atoms with van der Waals surface area (Å²) >= 11 is 0. The fraction of sp³-hybridized carbons (Fsp3) is 0.780. The molecule has 3 N–H and O–H groups in total. The van der Waals surface area contributed by atoms with Gasteiger partial charge in [0.15, 0.2) is 6.10 Å². The molecule has 0 aliphatic rings. The van der Waals surface area contributed by atoms with Gasteiger partial charge >= 0.3 is 19.8 Å². The predicted molar refractivity (Wildman–Crippen MR) is 399 cm³/mol. The van der Waals surface area contributed by atoms with Crippen LogP contribution in [0.25, 0.3) is 0 Å². The van der Waals surface area contributed by atoms with E-state index in [1.807, 2.05) is 0 Å². The first kappa shape index (κ1) is 88.9. The number of hydrogen-bond donors (Lipinski definition) is 2. The van der Waals surface area contributed by atoms with Gasteiger partial charge in [-0.15, -0.1) is 0 Å². The lowest BCUT2D eigenvalue weighted by Gasteiger charge is -2.19. The molecule has 2 atom stereocenters. The first-order valence-corrected chi connectivity index (χ1v) is 40.7. The van der Waals surface area contributed by atoms with Crippen LogP contribution < -0.4 is 5.73 Å². The number of allylic oxidation sites excluding steroid dienone is 16. The van der Waals surface area contributed by atoms with Crippen molar-refractivity contribution < 1.29 is 37.6 Å². The second kappa shape index (κ2) is 76.9. The van der Waals surface area contributed by atoms with E-state index >= 15 is 0 Å². The number of nitrogens with two attached hydrogens (primary N) is 1. The highest BCUT2D eigenvalue weighted by molar-refractivity contribution is 7.47. The molecule has 0 aromatic heterocycles. The molecule has 0 saturated heterocycles. The van der Waals surface area contributed by atoms with E-state index in [0.717, 1.165) is 89.9 Å². The quantitative estimate of drug-likeness (QED) is 0.0264. The first-order valence-electron chi connectivity index (χ1n) is 39.2. The minimum atomic E-state index is -4.40. The summed E-state index contributed by atoms with van der Waals surface area (Å²) in [4.78, 5) is 35.5. The minimum absolute atomic E-state index is 0.0525.